The molecule has 2 rings (SSSR count). The topological polar surface area (TPSA) is 94.4 Å². The molecule has 2 aromatic rings. The molecule has 0 aliphatic rings. The number of carbonyl (C=O) groups is 1. The van der Waals surface area contributed by atoms with Gasteiger partial charge in [-0.2, -0.15) is 0 Å². The molecule has 0 aliphatic heterocycles. The van der Waals surface area contributed by atoms with E-state index < -0.39 is 16.6 Å². The van der Waals surface area contributed by atoms with Gasteiger partial charge < -0.3 is 10.1 Å². The van der Waals surface area contributed by atoms with Gasteiger partial charge in [0.1, 0.15) is 5.01 Å². The second-order valence-corrected chi connectivity index (χ2v) is 6.44. The number of amides is 1. The standard InChI is InChI=1S/C14H15N3O4S/c1-14(2,3)16-13(18)21-11-5-4-9(8-10(11)17(19)20)12-15-6-7-22-12/h4-8H,1-3H3,(H,16,18). The Hall–Kier alpha value is -2.48. The van der Waals surface area contributed by atoms with Crippen LogP contribution in [0.5, 0.6) is 5.75 Å². The number of benzene rings is 1. The quantitative estimate of drug-likeness (QED) is 0.688. The van der Waals surface area contributed by atoms with E-state index in [9.17, 15) is 14.9 Å². The number of hydrogen-bond donors (Lipinski definition) is 1. The maximum atomic E-state index is 11.8. The minimum atomic E-state index is -0.738. The van der Waals surface area contributed by atoms with Crippen LogP contribution in [-0.4, -0.2) is 21.5 Å². The fourth-order valence-corrected chi connectivity index (χ4v) is 2.31. The van der Waals surface area contributed by atoms with E-state index >= 15 is 0 Å². The van der Waals surface area contributed by atoms with Crippen LogP contribution in [0.25, 0.3) is 10.6 Å². The predicted octanol–water partition coefficient (Wildman–Crippen LogP) is 3.61. The summed E-state index contributed by atoms with van der Waals surface area (Å²) in [7, 11) is 0. The molecule has 1 heterocycles. The number of aromatic nitrogens is 1. The molecule has 1 aromatic heterocycles. The first-order valence-corrected chi connectivity index (χ1v) is 7.32. The van der Waals surface area contributed by atoms with Gasteiger partial charge in [-0.1, -0.05) is 0 Å². The van der Waals surface area contributed by atoms with E-state index in [4.69, 9.17) is 4.74 Å². The average Bonchev–Trinajstić information content (AvgIpc) is 2.90. The van der Waals surface area contributed by atoms with Gasteiger partial charge >= 0.3 is 11.8 Å². The molecule has 8 heteroatoms. The molecule has 0 spiro atoms. The second-order valence-electron chi connectivity index (χ2n) is 5.54. The van der Waals surface area contributed by atoms with Crippen LogP contribution in [0.15, 0.2) is 29.8 Å². The highest BCUT2D eigenvalue weighted by atomic mass is 32.1. The summed E-state index contributed by atoms with van der Waals surface area (Å²) in [5.41, 5.74) is -0.172. The van der Waals surface area contributed by atoms with Crippen LogP contribution in [0, 0.1) is 10.1 Å². The Morgan fingerprint density at radius 3 is 2.68 bits per heavy atom. The monoisotopic (exact) mass is 321 g/mol. The van der Waals surface area contributed by atoms with Gasteiger partial charge in [0.15, 0.2) is 0 Å². The highest BCUT2D eigenvalue weighted by molar-refractivity contribution is 7.13. The molecule has 0 bridgehead atoms. The number of nitro benzene ring substituents is 1. The van der Waals surface area contributed by atoms with Crippen LogP contribution in [0.2, 0.25) is 0 Å². The van der Waals surface area contributed by atoms with Gasteiger partial charge in [-0.15, -0.1) is 11.3 Å². The highest BCUT2D eigenvalue weighted by Crippen LogP contribution is 2.33. The lowest BCUT2D eigenvalue weighted by Crippen LogP contribution is -2.42. The lowest BCUT2D eigenvalue weighted by molar-refractivity contribution is -0.385. The number of nitrogens with one attached hydrogen (secondary N) is 1. The van der Waals surface area contributed by atoms with Crippen LogP contribution >= 0.6 is 11.3 Å². The van der Waals surface area contributed by atoms with Gasteiger partial charge in [0.2, 0.25) is 5.75 Å². The first-order chi connectivity index (χ1) is 10.3. The zero-order valence-electron chi connectivity index (χ0n) is 12.3. The van der Waals surface area contributed by atoms with Crippen molar-refractivity contribution in [1.82, 2.24) is 10.3 Å². The van der Waals surface area contributed by atoms with Gasteiger partial charge in [0.05, 0.1) is 4.92 Å². The van der Waals surface area contributed by atoms with E-state index in [-0.39, 0.29) is 11.4 Å². The van der Waals surface area contributed by atoms with E-state index in [2.05, 4.69) is 10.3 Å². The van der Waals surface area contributed by atoms with Crippen molar-refractivity contribution in [2.45, 2.75) is 26.3 Å². The third-order valence-electron chi connectivity index (χ3n) is 2.51. The number of hydrogen-bond acceptors (Lipinski definition) is 6. The summed E-state index contributed by atoms with van der Waals surface area (Å²) in [6.07, 6.45) is 0.880. The Labute approximate surface area is 131 Å². The lowest BCUT2D eigenvalue weighted by atomic mass is 10.1. The third kappa shape index (κ3) is 4.01. The minimum Gasteiger partial charge on any atom is -0.403 e. The molecule has 1 aromatic carbocycles. The van der Waals surface area contributed by atoms with Crippen LogP contribution < -0.4 is 10.1 Å². The van der Waals surface area contributed by atoms with E-state index in [0.29, 0.717) is 10.6 Å². The van der Waals surface area contributed by atoms with Crippen molar-refractivity contribution in [2.75, 3.05) is 0 Å². The molecule has 7 nitrogen and oxygen atoms in total. The molecule has 0 saturated heterocycles. The molecule has 0 radical (unpaired) electrons. The molecule has 0 unspecified atom stereocenters. The fourth-order valence-electron chi connectivity index (χ4n) is 1.68. The van der Waals surface area contributed by atoms with Gasteiger partial charge in [0, 0.05) is 28.7 Å². The zero-order valence-corrected chi connectivity index (χ0v) is 13.1. The molecule has 0 aliphatic carbocycles. The molecule has 1 amide bonds. The summed E-state index contributed by atoms with van der Waals surface area (Å²) in [6, 6.07) is 4.38. The van der Waals surface area contributed by atoms with Crippen molar-refractivity contribution >= 4 is 23.1 Å². The van der Waals surface area contributed by atoms with Crippen molar-refractivity contribution < 1.29 is 14.5 Å². The summed E-state index contributed by atoms with van der Waals surface area (Å²) < 4.78 is 5.05. The number of rotatable bonds is 3. The van der Waals surface area contributed by atoms with Crippen molar-refractivity contribution in [2.24, 2.45) is 0 Å². The molecular formula is C14H15N3O4S. The van der Waals surface area contributed by atoms with Crippen LogP contribution in [0.3, 0.4) is 0 Å². The average molecular weight is 321 g/mol. The maximum Gasteiger partial charge on any atom is 0.413 e. The van der Waals surface area contributed by atoms with E-state index in [1.165, 1.54) is 23.5 Å². The first kappa shape index (κ1) is 15.9. The molecule has 1 N–H and O–H groups in total. The third-order valence-corrected chi connectivity index (χ3v) is 3.34. The number of nitrogens with zero attached hydrogens (tertiary/aromatic N) is 2. The number of ether oxygens (including phenoxy) is 1. The fraction of sp³-hybridized carbons (Fsp3) is 0.286. The Bertz CT molecular complexity index is 693. The largest absolute Gasteiger partial charge is 0.413 e. The van der Waals surface area contributed by atoms with E-state index in [0.717, 1.165) is 0 Å². The van der Waals surface area contributed by atoms with Crippen LogP contribution in [0.4, 0.5) is 10.5 Å². The first-order valence-electron chi connectivity index (χ1n) is 6.44. The van der Waals surface area contributed by atoms with E-state index in [1.54, 1.807) is 38.4 Å². The smallest absolute Gasteiger partial charge is 0.403 e. The van der Waals surface area contributed by atoms with Crippen LogP contribution in [0.1, 0.15) is 20.8 Å². The summed E-state index contributed by atoms with van der Waals surface area (Å²) in [5.74, 6) is -0.105. The number of carbonyl (C=O) groups excluding carboxylic acids is 1. The van der Waals surface area contributed by atoms with Gasteiger partial charge in [0.25, 0.3) is 0 Å². The number of nitro groups is 1. The van der Waals surface area contributed by atoms with Gasteiger partial charge in [-0.05, 0) is 32.9 Å². The van der Waals surface area contributed by atoms with Crippen molar-refractivity contribution in [3.05, 3.63) is 39.9 Å². The Balaban J connectivity index is 2.28. The summed E-state index contributed by atoms with van der Waals surface area (Å²) in [5, 5.41) is 16.2. The normalized spacial score (nSPS) is 11.0. The molecule has 0 atom stereocenters. The summed E-state index contributed by atoms with van der Waals surface area (Å²) in [4.78, 5) is 26.5. The molecule has 116 valence electrons. The summed E-state index contributed by atoms with van der Waals surface area (Å²) in [6.45, 7) is 5.36. The molecule has 0 saturated carbocycles. The Kier molecular flexibility index (Phi) is 4.41. The minimum absolute atomic E-state index is 0.105. The molecule has 22 heavy (non-hydrogen) atoms. The Morgan fingerprint density at radius 1 is 1.41 bits per heavy atom. The van der Waals surface area contributed by atoms with Gasteiger partial charge in [-0.3, -0.25) is 10.1 Å². The SMILES string of the molecule is CC(C)(C)NC(=O)Oc1ccc(-c2nccs2)cc1[N+](=O)[O-]. The van der Waals surface area contributed by atoms with Crippen LogP contribution in [-0.2, 0) is 0 Å². The predicted molar refractivity (Wildman–Crippen MR) is 83.1 cm³/mol. The second kappa shape index (κ2) is 6.10. The zero-order chi connectivity index (χ0) is 16.3. The molecular weight excluding hydrogens is 306 g/mol. The summed E-state index contributed by atoms with van der Waals surface area (Å²) >= 11 is 1.37. The van der Waals surface area contributed by atoms with Crippen molar-refractivity contribution in [3.8, 4) is 16.3 Å². The van der Waals surface area contributed by atoms with E-state index in [1.807, 2.05) is 0 Å². The maximum absolute atomic E-state index is 11.8. The lowest BCUT2D eigenvalue weighted by Gasteiger charge is -2.19. The molecule has 0 fully saturated rings. The van der Waals surface area contributed by atoms with Gasteiger partial charge in [-0.25, -0.2) is 9.78 Å². The number of thiazole rings is 1. The van der Waals surface area contributed by atoms with Crippen molar-refractivity contribution in [3.63, 3.8) is 0 Å². The van der Waals surface area contributed by atoms with Crippen molar-refractivity contribution in [1.29, 1.82) is 0 Å². The highest BCUT2D eigenvalue weighted by Gasteiger charge is 2.22. The Morgan fingerprint density at radius 2 is 2.14 bits per heavy atom.